The zero-order valence-electron chi connectivity index (χ0n) is 14.6. The van der Waals surface area contributed by atoms with Crippen molar-refractivity contribution < 1.29 is 9.53 Å². The first-order valence-electron chi connectivity index (χ1n) is 8.56. The number of hydrogen-bond donors (Lipinski definition) is 1. The minimum atomic E-state index is -0.0441. The van der Waals surface area contributed by atoms with E-state index in [0.717, 1.165) is 43.6 Å². The van der Waals surface area contributed by atoms with Crippen molar-refractivity contribution in [2.45, 2.75) is 65.5 Å². The van der Waals surface area contributed by atoms with Crippen LogP contribution in [-0.2, 0) is 0 Å². The minimum Gasteiger partial charge on any atom is -0.458 e. The van der Waals surface area contributed by atoms with Crippen molar-refractivity contribution in [3.05, 3.63) is 17.5 Å². The summed E-state index contributed by atoms with van der Waals surface area (Å²) >= 11 is 0. The van der Waals surface area contributed by atoms with Gasteiger partial charge < -0.3 is 15.0 Å². The van der Waals surface area contributed by atoms with Gasteiger partial charge in [0, 0.05) is 24.0 Å². The molecule has 6 nitrogen and oxygen atoms in total. The van der Waals surface area contributed by atoms with Crippen LogP contribution in [0.2, 0.25) is 0 Å². The maximum Gasteiger partial charge on any atom is 0.317 e. The number of carbonyl (C=O) groups is 1. The lowest BCUT2D eigenvalue weighted by Crippen LogP contribution is -2.50. The number of nitrogens with zero attached hydrogens (tertiary/aromatic N) is 3. The van der Waals surface area contributed by atoms with Gasteiger partial charge >= 0.3 is 12.0 Å². The van der Waals surface area contributed by atoms with Gasteiger partial charge in [0.05, 0.1) is 6.54 Å². The highest BCUT2D eigenvalue weighted by atomic mass is 16.5. The monoisotopic (exact) mass is 320 g/mol. The SMILES string of the molecule is CCC(CC)NC(=O)N1CCCC(Oc2nc(C)cc(C)n2)C1. The molecule has 2 amide bonds. The number of aromatic nitrogens is 2. The van der Waals surface area contributed by atoms with Gasteiger partial charge in [-0.3, -0.25) is 0 Å². The van der Waals surface area contributed by atoms with Gasteiger partial charge in [0.1, 0.15) is 6.10 Å². The standard InChI is InChI=1S/C17H28N4O2/c1-5-14(6-2)20-17(22)21-9-7-8-15(11-21)23-16-18-12(3)10-13(4)19-16/h10,14-15H,5-9,11H2,1-4H3,(H,20,22). The quantitative estimate of drug-likeness (QED) is 0.906. The maximum absolute atomic E-state index is 12.4. The summed E-state index contributed by atoms with van der Waals surface area (Å²) in [6.45, 7) is 9.40. The number of amides is 2. The van der Waals surface area contributed by atoms with Gasteiger partial charge in [-0.2, -0.15) is 0 Å². The molecular weight excluding hydrogens is 292 g/mol. The molecule has 0 saturated carbocycles. The Morgan fingerprint density at radius 1 is 1.35 bits per heavy atom. The number of nitrogens with one attached hydrogen (secondary N) is 1. The third kappa shape index (κ3) is 5.08. The molecule has 1 aliphatic rings. The van der Waals surface area contributed by atoms with Crippen molar-refractivity contribution in [1.29, 1.82) is 0 Å². The Labute approximate surface area is 138 Å². The lowest BCUT2D eigenvalue weighted by atomic mass is 10.1. The summed E-state index contributed by atoms with van der Waals surface area (Å²) in [6, 6.07) is 2.58. The van der Waals surface area contributed by atoms with E-state index in [-0.39, 0.29) is 18.2 Å². The van der Waals surface area contributed by atoms with Gasteiger partial charge in [0.25, 0.3) is 0 Å². The normalized spacial score (nSPS) is 18.1. The van der Waals surface area contributed by atoms with Crippen molar-refractivity contribution in [3.8, 4) is 6.01 Å². The molecule has 1 fully saturated rings. The van der Waals surface area contributed by atoms with E-state index in [1.54, 1.807) is 0 Å². The predicted octanol–water partition coefficient (Wildman–Crippen LogP) is 2.83. The van der Waals surface area contributed by atoms with Crippen LogP contribution >= 0.6 is 0 Å². The van der Waals surface area contributed by atoms with Crippen LogP contribution in [0.1, 0.15) is 50.9 Å². The first-order chi connectivity index (χ1) is 11.0. The van der Waals surface area contributed by atoms with Crippen LogP contribution in [0.4, 0.5) is 4.79 Å². The fourth-order valence-electron chi connectivity index (χ4n) is 2.87. The topological polar surface area (TPSA) is 67.4 Å². The number of piperidine rings is 1. The van der Waals surface area contributed by atoms with Crippen LogP contribution in [0, 0.1) is 13.8 Å². The molecule has 2 rings (SSSR count). The third-order valence-corrected chi connectivity index (χ3v) is 4.21. The summed E-state index contributed by atoms with van der Waals surface area (Å²) in [6.07, 6.45) is 3.72. The minimum absolute atomic E-state index is 0.00772. The number of urea groups is 1. The van der Waals surface area contributed by atoms with Gasteiger partial charge in [-0.15, -0.1) is 0 Å². The molecule has 0 aromatic carbocycles. The number of aryl methyl sites for hydroxylation is 2. The van der Waals surface area contributed by atoms with Crippen LogP contribution < -0.4 is 10.1 Å². The van der Waals surface area contributed by atoms with E-state index in [2.05, 4.69) is 29.1 Å². The lowest BCUT2D eigenvalue weighted by Gasteiger charge is -2.33. The molecule has 1 aromatic heterocycles. The molecule has 0 spiro atoms. The maximum atomic E-state index is 12.4. The van der Waals surface area contributed by atoms with Gasteiger partial charge in [0.2, 0.25) is 0 Å². The second-order valence-corrected chi connectivity index (χ2v) is 6.22. The van der Waals surface area contributed by atoms with Crippen LogP contribution in [0.15, 0.2) is 6.07 Å². The Kier molecular flexibility index (Phi) is 6.19. The van der Waals surface area contributed by atoms with E-state index in [0.29, 0.717) is 12.6 Å². The fourth-order valence-corrected chi connectivity index (χ4v) is 2.87. The number of carbonyl (C=O) groups excluding carboxylic acids is 1. The molecule has 0 aliphatic carbocycles. The molecule has 1 unspecified atom stereocenters. The summed E-state index contributed by atoms with van der Waals surface area (Å²) in [5, 5.41) is 3.09. The molecule has 0 radical (unpaired) electrons. The highest BCUT2D eigenvalue weighted by Gasteiger charge is 2.26. The van der Waals surface area contributed by atoms with Gasteiger partial charge in [-0.1, -0.05) is 13.8 Å². The van der Waals surface area contributed by atoms with Crippen molar-refractivity contribution >= 4 is 6.03 Å². The second-order valence-electron chi connectivity index (χ2n) is 6.22. The Morgan fingerprint density at radius 2 is 2.00 bits per heavy atom. The largest absolute Gasteiger partial charge is 0.458 e. The molecule has 1 aromatic rings. The first kappa shape index (κ1) is 17.5. The molecule has 128 valence electrons. The zero-order chi connectivity index (χ0) is 16.8. The Balaban J connectivity index is 1.93. The van der Waals surface area contributed by atoms with Crippen LogP contribution in [0.5, 0.6) is 6.01 Å². The first-order valence-corrected chi connectivity index (χ1v) is 8.56. The predicted molar refractivity (Wildman–Crippen MR) is 89.6 cm³/mol. The van der Waals surface area contributed by atoms with E-state index in [1.807, 2.05) is 24.8 Å². The Morgan fingerprint density at radius 3 is 2.61 bits per heavy atom. The molecule has 1 saturated heterocycles. The summed E-state index contributed by atoms with van der Waals surface area (Å²) in [5.41, 5.74) is 1.79. The van der Waals surface area contributed by atoms with Gasteiger partial charge in [0.15, 0.2) is 0 Å². The van der Waals surface area contributed by atoms with Crippen LogP contribution in [0.3, 0.4) is 0 Å². The molecule has 23 heavy (non-hydrogen) atoms. The number of hydrogen-bond acceptors (Lipinski definition) is 4. The summed E-state index contributed by atoms with van der Waals surface area (Å²) in [4.78, 5) is 22.8. The van der Waals surface area contributed by atoms with Crippen molar-refractivity contribution in [2.75, 3.05) is 13.1 Å². The van der Waals surface area contributed by atoms with Gasteiger partial charge in [-0.25, -0.2) is 14.8 Å². The van der Waals surface area contributed by atoms with Crippen molar-refractivity contribution in [1.82, 2.24) is 20.2 Å². The van der Waals surface area contributed by atoms with Crippen LogP contribution in [0.25, 0.3) is 0 Å². The molecule has 6 heteroatoms. The Hall–Kier alpha value is -1.85. The summed E-state index contributed by atoms with van der Waals surface area (Å²) < 4.78 is 5.91. The fraction of sp³-hybridized carbons (Fsp3) is 0.706. The third-order valence-electron chi connectivity index (χ3n) is 4.21. The number of rotatable bonds is 5. The highest BCUT2D eigenvalue weighted by molar-refractivity contribution is 5.74. The van der Waals surface area contributed by atoms with E-state index in [4.69, 9.17) is 4.74 Å². The molecule has 1 aliphatic heterocycles. The average molecular weight is 320 g/mol. The zero-order valence-corrected chi connectivity index (χ0v) is 14.6. The van der Waals surface area contributed by atoms with E-state index < -0.39 is 0 Å². The number of likely N-dealkylation sites (tertiary alicyclic amines) is 1. The molecule has 0 bridgehead atoms. The smallest absolute Gasteiger partial charge is 0.317 e. The van der Waals surface area contributed by atoms with E-state index in [1.165, 1.54) is 0 Å². The Bertz CT molecular complexity index is 511. The highest BCUT2D eigenvalue weighted by Crippen LogP contribution is 2.16. The van der Waals surface area contributed by atoms with Crippen molar-refractivity contribution in [3.63, 3.8) is 0 Å². The van der Waals surface area contributed by atoms with Crippen LogP contribution in [-0.4, -0.2) is 46.1 Å². The van der Waals surface area contributed by atoms with E-state index in [9.17, 15) is 4.79 Å². The molecule has 1 atom stereocenters. The van der Waals surface area contributed by atoms with Gasteiger partial charge in [-0.05, 0) is 45.6 Å². The molecular formula is C17H28N4O2. The average Bonchev–Trinajstić information content (AvgIpc) is 2.51. The second kappa shape index (κ2) is 8.13. The van der Waals surface area contributed by atoms with Crippen molar-refractivity contribution in [2.24, 2.45) is 0 Å². The molecule has 1 N–H and O–H groups in total. The summed E-state index contributed by atoms with van der Waals surface area (Å²) in [5.74, 6) is 0. The summed E-state index contributed by atoms with van der Waals surface area (Å²) in [7, 11) is 0. The lowest BCUT2D eigenvalue weighted by molar-refractivity contribution is 0.0924. The van der Waals surface area contributed by atoms with E-state index >= 15 is 0 Å². The number of ether oxygens (including phenoxy) is 1. The molecule has 2 heterocycles.